The maximum Gasteiger partial charge on any atom is 0.240 e. The smallest absolute Gasteiger partial charge is 0.240 e. The molecule has 2 rings (SSSR count). The normalized spacial score (nSPS) is 18.4. The van der Waals surface area contributed by atoms with Crippen molar-refractivity contribution in [2.75, 3.05) is 47.0 Å². The van der Waals surface area contributed by atoms with Crippen molar-refractivity contribution in [1.82, 2.24) is 9.80 Å². The number of benzene rings is 1. The maximum atomic E-state index is 13.6. The Morgan fingerprint density at radius 3 is 2.75 bits per heavy atom. The number of halogens is 1. The van der Waals surface area contributed by atoms with Crippen molar-refractivity contribution in [3.05, 3.63) is 30.1 Å². The first-order chi connectivity index (χ1) is 11.6. The summed E-state index contributed by atoms with van der Waals surface area (Å²) in [5.41, 5.74) is 0. The first kappa shape index (κ1) is 18.7. The van der Waals surface area contributed by atoms with Gasteiger partial charge in [-0.05, 0) is 38.6 Å². The second-order valence-corrected chi connectivity index (χ2v) is 6.09. The highest BCUT2D eigenvalue weighted by atomic mass is 19.1. The van der Waals surface area contributed by atoms with Crippen LogP contribution in [0.5, 0.6) is 5.75 Å². The van der Waals surface area contributed by atoms with Crippen LogP contribution in [0.15, 0.2) is 24.3 Å². The van der Waals surface area contributed by atoms with Crippen LogP contribution in [0, 0.1) is 5.82 Å². The molecule has 0 saturated carbocycles. The molecule has 1 unspecified atom stereocenters. The van der Waals surface area contributed by atoms with Crippen LogP contribution in [0.4, 0.5) is 4.39 Å². The minimum atomic E-state index is -0.390. The predicted octanol–water partition coefficient (Wildman–Crippen LogP) is 2.16. The van der Waals surface area contributed by atoms with Crippen LogP contribution < -0.4 is 4.74 Å². The lowest BCUT2D eigenvalue weighted by atomic mass is 10.0. The number of hydrogen-bond acceptors (Lipinski definition) is 4. The van der Waals surface area contributed by atoms with E-state index in [9.17, 15) is 9.18 Å². The number of likely N-dealkylation sites (N-methyl/N-ethyl adjacent to an activating group) is 1. The molecular formula is C18H27FN2O3. The van der Waals surface area contributed by atoms with E-state index in [1.165, 1.54) is 6.07 Å². The first-order valence-electron chi connectivity index (χ1n) is 8.48. The number of piperidine rings is 1. The van der Waals surface area contributed by atoms with E-state index < -0.39 is 0 Å². The van der Waals surface area contributed by atoms with Crippen LogP contribution in [-0.4, -0.2) is 68.8 Å². The lowest BCUT2D eigenvalue weighted by molar-refractivity contribution is -0.138. The number of carbonyl (C=O) groups is 1. The van der Waals surface area contributed by atoms with Gasteiger partial charge in [-0.25, -0.2) is 4.39 Å². The van der Waals surface area contributed by atoms with Crippen LogP contribution in [0.25, 0.3) is 0 Å². The molecule has 1 fully saturated rings. The summed E-state index contributed by atoms with van der Waals surface area (Å²) in [6, 6.07) is 6.22. The Bertz CT molecular complexity index is 527. The van der Waals surface area contributed by atoms with E-state index in [1.807, 2.05) is 7.05 Å². The molecule has 0 radical (unpaired) electrons. The average Bonchev–Trinajstić information content (AvgIpc) is 2.59. The van der Waals surface area contributed by atoms with Gasteiger partial charge < -0.3 is 14.4 Å². The number of amides is 1. The number of ether oxygens (including phenoxy) is 2. The van der Waals surface area contributed by atoms with Gasteiger partial charge in [-0.3, -0.25) is 9.69 Å². The molecule has 0 aliphatic carbocycles. The quantitative estimate of drug-likeness (QED) is 0.728. The second kappa shape index (κ2) is 9.59. The molecule has 1 saturated heterocycles. The lowest BCUT2D eigenvalue weighted by Gasteiger charge is -2.35. The molecule has 1 aliphatic heterocycles. The summed E-state index contributed by atoms with van der Waals surface area (Å²) in [7, 11) is 3.61. The Morgan fingerprint density at radius 2 is 2.04 bits per heavy atom. The third kappa shape index (κ3) is 5.18. The molecule has 24 heavy (non-hydrogen) atoms. The fraction of sp³-hybridized carbons (Fsp3) is 0.611. The summed E-state index contributed by atoms with van der Waals surface area (Å²) in [6.07, 6.45) is 3.09. The van der Waals surface area contributed by atoms with Crippen molar-refractivity contribution in [3.63, 3.8) is 0 Å². The Hall–Kier alpha value is -1.66. The zero-order valence-corrected chi connectivity index (χ0v) is 14.5. The summed E-state index contributed by atoms with van der Waals surface area (Å²) >= 11 is 0. The van der Waals surface area contributed by atoms with Gasteiger partial charge in [0.25, 0.3) is 0 Å². The highest BCUT2D eigenvalue weighted by molar-refractivity contribution is 5.82. The van der Waals surface area contributed by atoms with Gasteiger partial charge in [0.2, 0.25) is 5.91 Å². The Labute approximate surface area is 143 Å². The monoisotopic (exact) mass is 338 g/mol. The molecule has 5 nitrogen and oxygen atoms in total. The molecule has 0 aromatic heterocycles. The molecule has 1 aromatic carbocycles. The zero-order valence-electron chi connectivity index (χ0n) is 14.5. The topological polar surface area (TPSA) is 42.0 Å². The van der Waals surface area contributed by atoms with Gasteiger partial charge in [0.1, 0.15) is 6.61 Å². The van der Waals surface area contributed by atoms with Crippen LogP contribution in [0.1, 0.15) is 19.3 Å². The maximum absolute atomic E-state index is 13.6. The van der Waals surface area contributed by atoms with E-state index in [2.05, 4.69) is 4.90 Å². The summed E-state index contributed by atoms with van der Waals surface area (Å²) in [5, 5.41) is 0. The van der Waals surface area contributed by atoms with Crippen molar-refractivity contribution >= 4 is 5.91 Å². The van der Waals surface area contributed by atoms with E-state index in [1.54, 1.807) is 30.2 Å². The van der Waals surface area contributed by atoms with Crippen molar-refractivity contribution in [2.45, 2.75) is 25.3 Å². The molecule has 1 atom stereocenters. The molecule has 0 N–H and O–H groups in total. The summed E-state index contributed by atoms with van der Waals surface area (Å²) in [4.78, 5) is 16.7. The summed E-state index contributed by atoms with van der Waals surface area (Å²) in [5.74, 6) is -0.0721. The number of carbonyl (C=O) groups excluding carboxylic acids is 1. The predicted molar refractivity (Wildman–Crippen MR) is 90.6 cm³/mol. The second-order valence-electron chi connectivity index (χ2n) is 6.09. The fourth-order valence-corrected chi connectivity index (χ4v) is 2.96. The van der Waals surface area contributed by atoms with E-state index in [0.29, 0.717) is 19.7 Å². The van der Waals surface area contributed by atoms with E-state index >= 15 is 0 Å². The number of methoxy groups -OCH3 is 1. The van der Waals surface area contributed by atoms with Gasteiger partial charge in [0, 0.05) is 13.7 Å². The number of para-hydroxylation sites is 1. The van der Waals surface area contributed by atoms with Gasteiger partial charge in [-0.1, -0.05) is 18.6 Å². The van der Waals surface area contributed by atoms with E-state index in [4.69, 9.17) is 9.47 Å². The highest BCUT2D eigenvalue weighted by Crippen LogP contribution is 2.18. The molecule has 1 aliphatic rings. The molecule has 0 spiro atoms. The largest absolute Gasteiger partial charge is 0.489 e. The van der Waals surface area contributed by atoms with Gasteiger partial charge >= 0.3 is 0 Å². The molecule has 134 valence electrons. The van der Waals surface area contributed by atoms with Crippen LogP contribution in [-0.2, 0) is 9.53 Å². The summed E-state index contributed by atoms with van der Waals surface area (Å²) in [6.45, 7) is 2.61. The minimum Gasteiger partial charge on any atom is -0.489 e. The molecule has 1 heterocycles. The Kier molecular flexibility index (Phi) is 7.46. The third-order valence-electron chi connectivity index (χ3n) is 4.39. The van der Waals surface area contributed by atoms with Gasteiger partial charge in [-0.2, -0.15) is 0 Å². The van der Waals surface area contributed by atoms with Crippen molar-refractivity contribution < 1.29 is 18.7 Å². The van der Waals surface area contributed by atoms with Crippen molar-refractivity contribution in [1.29, 1.82) is 0 Å². The Balaban J connectivity index is 1.92. The molecule has 1 amide bonds. The molecule has 0 bridgehead atoms. The summed E-state index contributed by atoms with van der Waals surface area (Å²) < 4.78 is 24.2. The van der Waals surface area contributed by atoms with Crippen molar-refractivity contribution in [3.8, 4) is 5.75 Å². The molecule has 6 heteroatoms. The number of rotatable bonds is 8. The van der Waals surface area contributed by atoms with Crippen LogP contribution in [0.3, 0.4) is 0 Å². The average molecular weight is 338 g/mol. The first-order valence-corrected chi connectivity index (χ1v) is 8.48. The van der Waals surface area contributed by atoms with Gasteiger partial charge in [0.05, 0.1) is 19.2 Å². The Morgan fingerprint density at radius 1 is 1.29 bits per heavy atom. The van der Waals surface area contributed by atoms with Gasteiger partial charge in [-0.15, -0.1) is 0 Å². The SMILES string of the molecule is COCCN(CCOc1ccccc1F)C(=O)C1CCCCN1C. The fourth-order valence-electron chi connectivity index (χ4n) is 2.96. The van der Waals surface area contributed by atoms with Gasteiger partial charge in [0.15, 0.2) is 11.6 Å². The third-order valence-corrected chi connectivity index (χ3v) is 4.39. The number of nitrogens with zero attached hydrogens (tertiary/aromatic N) is 2. The van der Waals surface area contributed by atoms with Crippen LogP contribution >= 0.6 is 0 Å². The standard InChI is InChI=1S/C18H27FN2O3/c1-20-10-6-5-8-16(20)18(22)21(11-13-23-2)12-14-24-17-9-4-3-7-15(17)19/h3-4,7,9,16H,5-6,8,10-14H2,1-2H3. The number of likely N-dealkylation sites (tertiary alicyclic amines) is 1. The van der Waals surface area contributed by atoms with E-state index in [-0.39, 0.29) is 30.1 Å². The van der Waals surface area contributed by atoms with Crippen LogP contribution in [0.2, 0.25) is 0 Å². The van der Waals surface area contributed by atoms with Crippen molar-refractivity contribution in [2.24, 2.45) is 0 Å². The minimum absolute atomic E-state index is 0.0796. The molecular weight excluding hydrogens is 311 g/mol. The highest BCUT2D eigenvalue weighted by Gasteiger charge is 2.29. The number of hydrogen-bond donors (Lipinski definition) is 0. The molecule has 1 aromatic rings. The zero-order chi connectivity index (χ0) is 17.4. The van der Waals surface area contributed by atoms with E-state index in [0.717, 1.165) is 25.8 Å². The lowest BCUT2D eigenvalue weighted by Crippen LogP contribution is -2.51.